The molecule has 1 aliphatic rings. The molecule has 1 rings (SSSR count). The van der Waals surface area contributed by atoms with E-state index in [9.17, 15) is 14.7 Å². The van der Waals surface area contributed by atoms with Gasteiger partial charge in [-0.1, -0.05) is 13.8 Å². The Labute approximate surface area is 119 Å². The van der Waals surface area contributed by atoms with Crippen molar-refractivity contribution in [3.05, 3.63) is 0 Å². The Morgan fingerprint density at radius 3 is 2.25 bits per heavy atom. The smallest absolute Gasteiger partial charge is 0.408 e. The van der Waals surface area contributed by atoms with Crippen LogP contribution >= 0.6 is 0 Å². The third kappa shape index (κ3) is 2.90. The molecule has 0 aromatic rings. The predicted molar refractivity (Wildman–Crippen MR) is 73.5 cm³/mol. The van der Waals surface area contributed by atoms with Gasteiger partial charge in [-0.25, -0.2) is 9.59 Å². The molecular formula is C14H25NO5. The van der Waals surface area contributed by atoms with Gasteiger partial charge in [-0.2, -0.15) is 0 Å². The molecule has 0 unspecified atom stereocenters. The zero-order valence-electron chi connectivity index (χ0n) is 13.1. The molecule has 2 atom stereocenters. The van der Waals surface area contributed by atoms with E-state index in [1.54, 1.807) is 34.6 Å². The average molecular weight is 287 g/mol. The first-order chi connectivity index (χ1) is 8.96. The van der Waals surface area contributed by atoms with Crippen LogP contribution in [0, 0.1) is 5.41 Å². The average Bonchev–Trinajstić information content (AvgIpc) is 2.24. The van der Waals surface area contributed by atoms with Gasteiger partial charge >= 0.3 is 12.1 Å². The lowest BCUT2D eigenvalue weighted by atomic mass is 9.54. The van der Waals surface area contributed by atoms with Gasteiger partial charge in [0.1, 0.15) is 5.60 Å². The maximum atomic E-state index is 11.9. The van der Waals surface area contributed by atoms with Gasteiger partial charge in [-0.3, -0.25) is 0 Å². The van der Waals surface area contributed by atoms with Crippen LogP contribution in [0.4, 0.5) is 4.79 Å². The maximum Gasteiger partial charge on any atom is 0.408 e. The number of carbonyl (C=O) groups excluding carboxylic acids is 1. The van der Waals surface area contributed by atoms with Gasteiger partial charge in [0.05, 0.1) is 6.10 Å². The third-order valence-electron chi connectivity index (χ3n) is 3.84. The fourth-order valence-corrected chi connectivity index (χ4v) is 2.51. The summed E-state index contributed by atoms with van der Waals surface area (Å²) in [5.41, 5.74) is -2.72. The summed E-state index contributed by atoms with van der Waals surface area (Å²) in [4.78, 5) is 23.5. The van der Waals surface area contributed by atoms with Gasteiger partial charge in [0.25, 0.3) is 0 Å². The molecule has 6 heteroatoms. The van der Waals surface area contributed by atoms with E-state index >= 15 is 0 Å². The van der Waals surface area contributed by atoms with E-state index in [4.69, 9.17) is 9.47 Å². The number of rotatable bonds is 4. The molecule has 20 heavy (non-hydrogen) atoms. The fourth-order valence-electron chi connectivity index (χ4n) is 2.51. The standard InChI is InChI=1S/C14H25NO5/c1-7-19-9-8-14(10(16)17,13(9,5)6)15-11(18)20-12(2,3)4/h9H,7-8H2,1-6H3,(H,15,18)(H,16,17)/t9-,14-/m0/s1. The number of carboxylic acids is 1. The molecule has 0 bridgehead atoms. The van der Waals surface area contributed by atoms with E-state index in [1.807, 2.05) is 6.92 Å². The van der Waals surface area contributed by atoms with Crippen molar-refractivity contribution < 1.29 is 24.2 Å². The predicted octanol–water partition coefficient (Wildman–Crippen LogP) is 2.17. The first kappa shape index (κ1) is 16.8. The molecule has 116 valence electrons. The van der Waals surface area contributed by atoms with Crippen LogP contribution < -0.4 is 5.32 Å². The van der Waals surface area contributed by atoms with Crippen LogP contribution in [0.5, 0.6) is 0 Å². The lowest BCUT2D eigenvalue weighted by molar-refractivity contribution is -0.191. The highest BCUT2D eigenvalue weighted by molar-refractivity contribution is 5.87. The quantitative estimate of drug-likeness (QED) is 0.827. The number of aliphatic carboxylic acids is 1. The van der Waals surface area contributed by atoms with Crippen molar-refractivity contribution in [1.82, 2.24) is 5.32 Å². The second-order valence-electron chi connectivity index (χ2n) is 6.71. The highest BCUT2D eigenvalue weighted by Crippen LogP contribution is 2.51. The number of alkyl carbamates (subject to hydrolysis) is 1. The first-order valence-corrected chi connectivity index (χ1v) is 6.82. The zero-order valence-corrected chi connectivity index (χ0v) is 13.1. The van der Waals surface area contributed by atoms with Gasteiger partial charge in [0.2, 0.25) is 0 Å². The molecule has 0 spiro atoms. The molecule has 1 saturated carbocycles. The van der Waals surface area contributed by atoms with Crippen molar-refractivity contribution in [2.45, 2.75) is 65.2 Å². The number of amides is 1. The van der Waals surface area contributed by atoms with E-state index in [1.165, 1.54) is 0 Å². The topological polar surface area (TPSA) is 84.9 Å². The minimum absolute atomic E-state index is 0.196. The van der Waals surface area contributed by atoms with E-state index < -0.39 is 28.6 Å². The van der Waals surface area contributed by atoms with Crippen molar-refractivity contribution in [1.29, 1.82) is 0 Å². The summed E-state index contributed by atoms with van der Waals surface area (Å²) in [6, 6.07) is 0. The summed E-state index contributed by atoms with van der Waals surface area (Å²) < 4.78 is 10.7. The molecule has 0 aromatic carbocycles. The lowest BCUT2D eigenvalue weighted by Crippen LogP contribution is -2.76. The van der Waals surface area contributed by atoms with Gasteiger partial charge in [-0.15, -0.1) is 0 Å². The number of hydrogen-bond acceptors (Lipinski definition) is 4. The van der Waals surface area contributed by atoms with E-state index in [0.717, 1.165) is 0 Å². The van der Waals surface area contributed by atoms with Gasteiger partial charge in [-0.05, 0) is 27.7 Å². The molecule has 1 aliphatic carbocycles. The monoisotopic (exact) mass is 287 g/mol. The summed E-state index contributed by atoms with van der Waals surface area (Å²) in [7, 11) is 0. The molecular weight excluding hydrogens is 262 g/mol. The minimum atomic E-state index is -1.35. The first-order valence-electron chi connectivity index (χ1n) is 6.82. The Morgan fingerprint density at radius 2 is 1.90 bits per heavy atom. The van der Waals surface area contributed by atoms with E-state index in [2.05, 4.69) is 5.32 Å². The molecule has 0 saturated heterocycles. The summed E-state index contributed by atoms with van der Waals surface area (Å²) in [6.07, 6.45) is -0.677. The molecule has 0 aliphatic heterocycles. The molecule has 0 aromatic heterocycles. The molecule has 1 amide bonds. The maximum absolute atomic E-state index is 11.9. The number of nitrogens with one attached hydrogen (secondary N) is 1. The Bertz CT molecular complexity index is 399. The lowest BCUT2D eigenvalue weighted by Gasteiger charge is -2.58. The Balaban J connectivity index is 2.87. The molecule has 1 fully saturated rings. The van der Waals surface area contributed by atoms with Crippen molar-refractivity contribution in [3.63, 3.8) is 0 Å². The summed E-state index contributed by atoms with van der Waals surface area (Å²) in [5, 5.41) is 12.1. The number of hydrogen-bond donors (Lipinski definition) is 2. The highest BCUT2D eigenvalue weighted by atomic mass is 16.6. The minimum Gasteiger partial charge on any atom is -0.479 e. The van der Waals surface area contributed by atoms with Crippen LogP contribution in [0.15, 0.2) is 0 Å². The van der Waals surface area contributed by atoms with Crippen molar-refractivity contribution in [2.75, 3.05) is 6.61 Å². The second-order valence-corrected chi connectivity index (χ2v) is 6.71. The van der Waals surface area contributed by atoms with Crippen molar-refractivity contribution in [3.8, 4) is 0 Å². The largest absolute Gasteiger partial charge is 0.479 e. The van der Waals surface area contributed by atoms with Crippen LogP contribution in [-0.4, -0.2) is 41.0 Å². The zero-order chi connectivity index (χ0) is 15.8. The SMILES string of the molecule is CCO[C@H]1C[C@](NC(=O)OC(C)(C)C)(C(=O)O)C1(C)C. The Hall–Kier alpha value is -1.30. The van der Waals surface area contributed by atoms with Crippen LogP contribution in [-0.2, 0) is 14.3 Å². The van der Waals surface area contributed by atoms with Crippen LogP contribution in [0.3, 0.4) is 0 Å². The van der Waals surface area contributed by atoms with Crippen molar-refractivity contribution >= 4 is 12.1 Å². The van der Waals surface area contributed by atoms with Crippen LogP contribution in [0.1, 0.15) is 48.0 Å². The fraction of sp³-hybridized carbons (Fsp3) is 0.857. The van der Waals surface area contributed by atoms with Crippen LogP contribution in [0.2, 0.25) is 0 Å². The van der Waals surface area contributed by atoms with Crippen molar-refractivity contribution in [2.24, 2.45) is 5.41 Å². The molecule has 0 radical (unpaired) electrons. The molecule has 0 heterocycles. The molecule has 6 nitrogen and oxygen atoms in total. The van der Waals surface area contributed by atoms with Crippen LogP contribution in [0.25, 0.3) is 0 Å². The molecule has 2 N–H and O–H groups in total. The van der Waals surface area contributed by atoms with E-state index in [-0.39, 0.29) is 12.5 Å². The van der Waals surface area contributed by atoms with Gasteiger partial charge in [0.15, 0.2) is 5.54 Å². The number of carboxylic acid groups (broad SMARTS) is 1. The summed E-state index contributed by atoms with van der Waals surface area (Å²) in [5.74, 6) is -1.07. The number of ether oxygens (including phenoxy) is 2. The Kier molecular flexibility index (Phi) is 4.39. The van der Waals surface area contributed by atoms with Gasteiger partial charge < -0.3 is 19.9 Å². The summed E-state index contributed by atoms with van der Waals surface area (Å²) in [6.45, 7) is 11.1. The summed E-state index contributed by atoms with van der Waals surface area (Å²) >= 11 is 0. The number of carbonyl (C=O) groups is 2. The normalized spacial score (nSPS) is 28.4. The van der Waals surface area contributed by atoms with Gasteiger partial charge in [0, 0.05) is 18.4 Å². The second kappa shape index (κ2) is 5.24. The highest BCUT2D eigenvalue weighted by Gasteiger charge is 2.66. The third-order valence-corrected chi connectivity index (χ3v) is 3.84. The van der Waals surface area contributed by atoms with E-state index in [0.29, 0.717) is 6.61 Å². The Morgan fingerprint density at radius 1 is 1.35 bits per heavy atom.